The molecular formula is C27H30N6O2S. The molecule has 1 fully saturated rings. The molecule has 0 saturated carbocycles. The first-order valence-electron chi connectivity index (χ1n) is 11.9. The molecule has 2 unspecified atom stereocenters. The zero-order valence-electron chi connectivity index (χ0n) is 20.3. The molecule has 0 spiro atoms. The molecule has 0 radical (unpaired) electrons. The maximum atomic E-state index is 13.2. The summed E-state index contributed by atoms with van der Waals surface area (Å²) in [5, 5.41) is 15.3. The smallest absolute Gasteiger partial charge is 0.247 e. The van der Waals surface area contributed by atoms with E-state index < -0.39 is 17.4 Å². The normalized spacial score (nSPS) is 15.6. The summed E-state index contributed by atoms with van der Waals surface area (Å²) in [6.07, 6.45) is 4.21. The molecule has 1 amide bonds. The maximum absolute atomic E-state index is 13.2. The number of rotatable bonds is 9. The van der Waals surface area contributed by atoms with Gasteiger partial charge >= 0.3 is 0 Å². The molecule has 3 aromatic rings. The number of hydrogen-bond acceptors (Lipinski definition) is 7. The highest BCUT2D eigenvalue weighted by Gasteiger charge is 2.24. The van der Waals surface area contributed by atoms with E-state index in [2.05, 4.69) is 26.6 Å². The van der Waals surface area contributed by atoms with E-state index in [4.69, 9.17) is 5.26 Å². The number of amides is 1. The van der Waals surface area contributed by atoms with Gasteiger partial charge in [-0.3, -0.25) is 4.79 Å². The molecule has 4 rings (SSSR count). The second-order valence-electron chi connectivity index (χ2n) is 8.59. The van der Waals surface area contributed by atoms with Crippen LogP contribution in [0.1, 0.15) is 22.7 Å². The Bertz CT molecular complexity index is 1160. The van der Waals surface area contributed by atoms with Gasteiger partial charge in [-0.05, 0) is 41.8 Å². The van der Waals surface area contributed by atoms with Crippen molar-refractivity contribution in [2.45, 2.75) is 12.5 Å². The molecule has 1 aromatic heterocycles. The van der Waals surface area contributed by atoms with Crippen molar-refractivity contribution < 1.29 is 9.35 Å². The van der Waals surface area contributed by atoms with Crippen molar-refractivity contribution in [3.63, 3.8) is 0 Å². The molecule has 2 heterocycles. The number of piperazine rings is 1. The monoisotopic (exact) mass is 502 g/mol. The second-order valence-corrected chi connectivity index (χ2v) is 9.95. The van der Waals surface area contributed by atoms with Crippen LogP contribution in [0.25, 0.3) is 0 Å². The van der Waals surface area contributed by atoms with Crippen molar-refractivity contribution in [3.8, 4) is 6.07 Å². The number of aromatic nitrogens is 1. The van der Waals surface area contributed by atoms with E-state index in [0.717, 1.165) is 49.4 Å². The molecule has 0 bridgehead atoms. The Morgan fingerprint density at radius 2 is 1.81 bits per heavy atom. The van der Waals surface area contributed by atoms with Crippen LogP contribution < -0.4 is 15.5 Å². The number of nitriles is 1. The first-order valence-corrected chi connectivity index (χ1v) is 13.4. The van der Waals surface area contributed by atoms with Gasteiger partial charge in [-0.1, -0.05) is 42.5 Å². The molecule has 1 aliphatic rings. The fourth-order valence-corrected chi connectivity index (χ4v) is 4.84. The molecule has 2 N–H and O–H groups in total. The second kappa shape index (κ2) is 12.5. The standard InChI is InChI=1S/C27H30N6O2S/c1-36(35)33-17-15-32(16-18-33)24-11-12-25(30-20-24)31-27(34)26(23-5-3-2-4-6-23)29-14-13-21-7-9-22(19-28)10-8-21/h2-12,20,26,29H,13-18H2,1H3,(H,30,31,34). The summed E-state index contributed by atoms with van der Waals surface area (Å²) in [5.41, 5.74) is 3.58. The Labute approximate surface area is 215 Å². The van der Waals surface area contributed by atoms with Crippen molar-refractivity contribution in [1.29, 1.82) is 5.26 Å². The predicted octanol–water partition coefficient (Wildman–Crippen LogP) is 2.88. The average molecular weight is 503 g/mol. The number of carbonyl (C=O) groups is 1. The molecule has 8 nitrogen and oxygen atoms in total. The van der Waals surface area contributed by atoms with Crippen LogP contribution in [-0.2, 0) is 22.6 Å². The maximum Gasteiger partial charge on any atom is 0.247 e. The number of carbonyl (C=O) groups excluding carboxylic acids is 1. The van der Waals surface area contributed by atoms with Crippen molar-refractivity contribution >= 4 is 28.8 Å². The molecule has 0 aliphatic carbocycles. The van der Waals surface area contributed by atoms with Crippen LogP contribution in [0.3, 0.4) is 0 Å². The van der Waals surface area contributed by atoms with E-state index in [-0.39, 0.29) is 5.91 Å². The minimum absolute atomic E-state index is 0.180. The predicted molar refractivity (Wildman–Crippen MR) is 143 cm³/mol. The lowest BCUT2D eigenvalue weighted by molar-refractivity contribution is -0.118. The summed E-state index contributed by atoms with van der Waals surface area (Å²) in [6, 6.07) is 22.5. The first-order chi connectivity index (χ1) is 17.5. The molecule has 36 heavy (non-hydrogen) atoms. The van der Waals surface area contributed by atoms with E-state index in [1.807, 2.05) is 58.9 Å². The molecule has 2 aromatic carbocycles. The molecule has 9 heteroatoms. The minimum Gasteiger partial charge on any atom is -0.598 e. The van der Waals surface area contributed by atoms with Crippen molar-refractivity contribution in [3.05, 3.63) is 89.6 Å². The van der Waals surface area contributed by atoms with Gasteiger partial charge in [0.2, 0.25) is 5.91 Å². The summed E-state index contributed by atoms with van der Waals surface area (Å²) >= 11 is -0.943. The number of pyridine rings is 1. The molecule has 2 atom stereocenters. The van der Waals surface area contributed by atoms with E-state index >= 15 is 0 Å². The van der Waals surface area contributed by atoms with E-state index in [9.17, 15) is 9.35 Å². The van der Waals surface area contributed by atoms with E-state index in [0.29, 0.717) is 17.9 Å². The third-order valence-corrected chi connectivity index (χ3v) is 7.30. The lowest BCUT2D eigenvalue weighted by Crippen LogP contribution is -2.48. The summed E-state index contributed by atoms with van der Waals surface area (Å²) in [6.45, 7) is 3.65. The van der Waals surface area contributed by atoms with E-state index in [1.165, 1.54) is 0 Å². The van der Waals surface area contributed by atoms with Crippen LogP contribution in [0.15, 0.2) is 72.9 Å². The van der Waals surface area contributed by atoms with Gasteiger partial charge in [0.25, 0.3) is 0 Å². The topological polar surface area (TPSA) is 107 Å². The number of anilines is 2. The Hall–Kier alpha value is -3.42. The summed E-state index contributed by atoms with van der Waals surface area (Å²) < 4.78 is 13.6. The SMILES string of the molecule is C[S+]([O-])N1CCN(c2ccc(NC(=O)C(NCCc3ccc(C#N)cc3)c3ccccc3)nc2)CC1. The number of nitrogens with zero attached hydrogens (tertiary/aromatic N) is 4. The van der Waals surface area contributed by atoms with Gasteiger partial charge < -0.3 is 20.1 Å². The van der Waals surface area contributed by atoms with Gasteiger partial charge in [0.05, 0.1) is 36.6 Å². The Balaban J connectivity index is 1.36. The largest absolute Gasteiger partial charge is 0.598 e. The summed E-state index contributed by atoms with van der Waals surface area (Å²) in [7, 11) is 0. The molecule has 186 valence electrons. The summed E-state index contributed by atoms with van der Waals surface area (Å²) in [4.78, 5) is 19.9. The van der Waals surface area contributed by atoms with Crippen LogP contribution in [0, 0.1) is 11.3 Å². The Kier molecular flexibility index (Phi) is 8.92. The third-order valence-electron chi connectivity index (χ3n) is 6.21. The molecule has 1 saturated heterocycles. The van der Waals surface area contributed by atoms with Crippen LogP contribution >= 0.6 is 0 Å². The lowest BCUT2D eigenvalue weighted by atomic mass is 10.1. The van der Waals surface area contributed by atoms with Gasteiger partial charge in [0.15, 0.2) is 0 Å². The fraction of sp³-hybridized carbons (Fsp3) is 0.296. The van der Waals surface area contributed by atoms with Gasteiger partial charge in [0.1, 0.15) is 18.1 Å². The van der Waals surface area contributed by atoms with Crippen LogP contribution in [-0.4, -0.2) is 58.7 Å². The van der Waals surface area contributed by atoms with Crippen molar-refractivity contribution in [1.82, 2.24) is 14.6 Å². The quantitative estimate of drug-likeness (QED) is 0.433. The van der Waals surface area contributed by atoms with Crippen molar-refractivity contribution in [2.75, 3.05) is 49.2 Å². The highest BCUT2D eigenvalue weighted by molar-refractivity contribution is 7.88. The van der Waals surface area contributed by atoms with Crippen LogP contribution in [0.2, 0.25) is 0 Å². The highest BCUT2D eigenvalue weighted by Crippen LogP contribution is 2.20. The third kappa shape index (κ3) is 6.83. The molecular weight excluding hydrogens is 472 g/mol. The zero-order chi connectivity index (χ0) is 25.3. The van der Waals surface area contributed by atoms with E-state index in [1.54, 1.807) is 24.6 Å². The average Bonchev–Trinajstić information content (AvgIpc) is 2.92. The number of benzene rings is 2. The summed E-state index contributed by atoms with van der Waals surface area (Å²) in [5.74, 6) is 0.312. The molecule has 1 aliphatic heterocycles. The zero-order valence-corrected chi connectivity index (χ0v) is 21.1. The first kappa shape index (κ1) is 25.7. The van der Waals surface area contributed by atoms with Gasteiger partial charge in [-0.15, -0.1) is 4.31 Å². The van der Waals surface area contributed by atoms with Crippen molar-refractivity contribution in [2.24, 2.45) is 0 Å². The highest BCUT2D eigenvalue weighted by atomic mass is 32.2. The van der Waals surface area contributed by atoms with Gasteiger partial charge in [0, 0.05) is 31.0 Å². The van der Waals surface area contributed by atoms with Crippen LogP contribution in [0.5, 0.6) is 0 Å². The fourth-order valence-electron chi connectivity index (χ4n) is 4.16. The van der Waals surface area contributed by atoms with Crippen LogP contribution in [0.4, 0.5) is 11.5 Å². The lowest BCUT2D eigenvalue weighted by Gasteiger charge is -2.34. The van der Waals surface area contributed by atoms with Gasteiger partial charge in [-0.25, -0.2) is 4.98 Å². The Morgan fingerprint density at radius 3 is 2.42 bits per heavy atom. The van der Waals surface area contributed by atoms with Gasteiger partial charge in [-0.2, -0.15) is 5.26 Å². The minimum atomic E-state index is -0.943. The Morgan fingerprint density at radius 1 is 1.08 bits per heavy atom. The number of hydrogen-bond donors (Lipinski definition) is 2. The number of nitrogens with one attached hydrogen (secondary N) is 2.